The van der Waals surface area contributed by atoms with E-state index in [9.17, 15) is 0 Å². The lowest BCUT2D eigenvalue weighted by molar-refractivity contribution is 0.317. The lowest BCUT2D eigenvalue weighted by atomic mass is 10.1. The summed E-state index contributed by atoms with van der Waals surface area (Å²) in [6, 6.07) is 0. The Bertz CT molecular complexity index is 160. The number of nitrogens with zero attached hydrogens (tertiary/aromatic N) is 1. The van der Waals surface area contributed by atoms with Crippen LogP contribution in [0.5, 0.6) is 0 Å². The van der Waals surface area contributed by atoms with Gasteiger partial charge in [0, 0.05) is 11.5 Å². The van der Waals surface area contributed by atoms with Crippen LogP contribution in [0, 0.1) is 0 Å². The van der Waals surface area contributed by atoms with Gasteiger partial charge in [0.1, 0.15) is 0 Å². The summed E-state index contributed by atoms with van der Waals surface area (Å²) >= 11 is 3.58. The Morgan fingerprint density at radius 2 is 2.50 bits per heavy atom. The van der Waals surface area contributed by atoms with E-state index >= 15 is 0 Å². The molecule has 0 radical (unpaired) electrons. The highest BCUT2D eigenvalue weighted by atomic mass is 32.2. The maximum atomic E-state index is 8.59. The second kappa shape index (κ2) is 3.05. The van der Waals surface area contributed by atoms with Gasteiger partial charge in [-0.3, -0.25) is 0 Å². The van der Waals surface area contributed by atoms with Crippen LogP contribution in [0.2, 0.25) is 0 Å². The van der Waals surface area contributed by atoms with E-state index in [1.165, 1.54) is 0 Å². The number of rotatable bonds is 1. The molecule has 0 aliphatic carbocycles. The Balaban J connectivity index is 2.75. The molecule has 2 nitrogen and oxygen atoms in total. The summed E-state index contributed by atoms with van der Waals surface area (Å²) < 4.78 is 0.0828. The van der Waals surface area contributed by atoms with Crippen LogP contribution in [0.1, 0.15) is 6.92 Å². The quantitative estimate of drug-likeness (QED) is 0.488. The van der Waals surface area contributed by atoms with Gasteiger partial charge in [0.2, 0.25) is 0 Å². The highest BCUT2D eigenvalue weighted by Crippen LogP contribution is 2.35. The molecule has 0 aromatic rings. The average Bonchev–Trinajstić information content (AvgIpc) is 2.32. The van der Waals surface area contributed by atoms with Crippen molar-refractivity contribution in [2.75, 3.05) is 17.8 Å². The number of thioether (sulfide) groups is 2. The van der Waals surface area contributed by atoms with Crippen LogP contribution in [0.4, 0.5) is 0 Å². The minimum Gasteiger partial charge on any atom is -0.411 e. The monoisotopic (exact) mass is 177 g/mol. The fourth-order valence-electron chi connectivity index (χ4n) is 0.890. The molecule has 58 valence electrons. The molecule has 1 aliphatic heterocycles. The Hall–Kier alpha value is 0.170. The molecular weight excluding hydrogens is 166 g/mol. The number of oxime groups is 1. The van der Waals surface area contributed by atoms with E-state index in [0.717, 1.165) is 17.2 Å². The van der Waals surface area contributed by atoms with Crippen molar-refractivity contribution in [1.82, 2.24) is 0 Å². The Labute approximate surface area is 69.4 Å². The largest absolute Gasteiger partial charge is 0.411 e. The second-order valence-corrected chi connectivity index (χ2v) is 4.77. The maximum absolute atomic E-state index is 8.59. The van der Waals surface area contributed by atoms with Crippen molar-refractivity contribution in [1.29, 1.82) is 0 Å². The van der Waals surface area contributed by atoms with Crippen molar-refractivity contribution >= 4 is 29.2 Å². The van der Waals surface area contributed by atoms with Gasteiger partial charge in [-0.1, -0.05) is 5.16 Å². The van der Waals surface area contributed by atoms with Gasteiger partial charge in [0.25, 0.3) is 0 Å². The van der Waals surface area contributed by atoms with E-state index in [1.807, 2.05) is 11.8 Å². The van der Waals surface area contributed by atoms with Gasteiger partial charge in [-0.25, -0.2) is 0 Å². The summed E-state index contributed by atoms with van der Waals surface area (Å²) in [6.07, 6.45) is 2.05. The zero-order valence-corrected chi connectivity index (χ0v) is 7.76. The first-order valence-corrected chi connectivity index (χ1v) is 5.45. The van der Waals surface area contributed by atoms with E-state index in [4.69, 9.17) is 5.21 Å². The SMILES string of the molecule is CSC1(C)CSCC1=NO. The third kappa shape index (κ3) is 1.27. The van der Waals surface area contributed by atoms with Gasteiger partial charge in [-0.05, 0) is 13.2 Å². The summed E-state index contributed by atoms with van der Waals surface area (Å²) in [5, 5.41) is 11.9. The van der Waals surface area contributed by atoms with Crippen LogP contribution in [0.25, 0.3) is 0 Å². The molecule has 1 atom stereocenters. The first-order chi connectivity index (χ1) is 4.73. The molecule has 1 N–H and O–H groups in total. The van der Waals surface area contributed by atoms with Crippen molar-refractivity contribution in [3.63, 3.8) is 0 Å². The molecule has 0 saturated carbocycles. The van der Waals surface area contributed by atoms with Crippen LogP contribution in [0.3, 0.4) is 0 Å². The van der Waals surface area contributed by atoms with Crippen molar-refractivity contribution in [3.8, 4) is 0 Å². The number of hydrogen-bond donors (Lipinski definition) is 1. The predicted octanol–water partition coefficient (Wildman–Crippen LogP) is 1.69. The Kier molecular flexibility index (Phi) is 2.52. The zero-order chi connectivity index (χ0) is 7.61. The van der Waals surface area contributed by atoms with Gasteiger partial charge < -0.3 is 5.21 Å². The molecule has 1 saturated heterocycles. The normalized spacial score (nSPS) is 37.2. The van der Waals surface area contributed by atoms with Crippen molar-refractivity contribution in [2.24, 2.45) is 5.16 Å². The third-order valence-corrected chi connectivity index (χ3v) is 4.52. The zero-order valence-electron chi connectivity index (χ0n) is 6.13. The smallest absolute Gasteiger partial charge is 0.0835 e. The fraction of sp³-hybridized carbons (Fsp3) is 0.833. The van der Waals surface area contributed by atoms with Gasteiger partial charge in [-0.2, -0.15) is 23.5 Å². The third-order valence-electron chi connectivity index (χ3n) is 1.80. The lowest BCUT2D eigenvalue weighted by Crippen LogP contribution is -2.29. The summed E-state index contributed by atoms with van der Waals surface area (Å²) in [5.74, 6) is 1.95. The lowest BCUT2D eigenvalue weighted by Gasteiger charge is -2.19. The Morgan fingerprint density at radius 3 is 2.90 bits per heavy atom. The Morgan fingerprint density at radius 1 is 1.80 bits per heavy atom. The van der Waals surface area contributed by atoms with Crippen molar-refractivity contribution in [2.45, 2.75) is 11.7 Å². The molecule has 1 aliphatic rings. The van der Waals surface area contributed by atoms with Crippen LogP contribution in [-0.4, -0.2) is 33.4 Å². The number of hydrogen-bond acceptors (Lipinski definition) is 4. The van der Waals surface area contributed by atoms with Crippen LogP contribution in [-0.2, 0) is 0 Å². The summed E-state index contributed by atoms with van der Waals surface area (Å²) in [4.78, 5) is 0. The molecule has 4 heteroatoms. The molecule has 0 amide bonds. The van der Waals surface area contributed by atoms with E-state index in [1.54, 1.807) is 11.8 Å². The fourth-order valence-corrected chi connectivity index (χ4v) is 3.28. The van der Waals surface area contributed by atoms with E-state index in [0.29, 0.717) is 0 Å². The molecule has 0 aromatic heterocycles. The first-order valence-electron chi connectivity index (χ1n) is 3.07. The summed E-state index contributed by atoms with van der Waals surface area (Å²) in [5.41, 5.74) is 0.921. The van der Waals surface area contributed by atoms with Gasteiger partial charge in [0.05, 0.1) is 10.5 Å². The molecule has 0 aromatic carbocycles. The molecular formula is C6H11NOS2. The molecule has 10 heavy (non-hydrogen) atoms. The standard InChI is InChI=1S/C6H11NOS2/c1-6(9-2)4-10-3-5(6)7-8/h8H,3-4H2,1-2H3. The average molecular weight is 177 g/mol. The van der Waals surface area contributed by atoms with E-state index in [-0.39, 0.29) is 4.75 Å². The van der Waals surface area contributed by atoms with Crippen LogP contribution < -0.4 is 0 Å². The highest BCUT2D eigenvalue weighted by Gasteiger charge is 2.35. The molecule has 0 spiro atoms. The van der Waals surface area contributed by atoms with Crippen molar-refractivity contribution < 1.29 is 5.21 Å². The van der Waals surface area contributed by atoms with Gasteiger partial charge in [-0.15, -0.1) is 0 Å². The predicted molar refractivity (Wildman–Crippen MR) is 48.5 cm³/mol. The molecule has 0 bridgehead atoms. The topological polar surface area (TPSA) is 32.6 Å². The maximum Gasteiger partial charge on any atom is 0.0835 e. The first kappa shape index (κ1) is 8.27. The van der Waals surface area contributed by atoms with E-state index < -0.39 is 0 Å². The van der Waals surface area contributed by atoms with E-state index in [2.05, 4.69) is 18.3 Å². The summed E-state index contributed by atoms with van der Waals surface area (Å²) in [7, 11) is 0. The molecule has 1 fully saturated rings. The van der Waals surface area contributed by atoms with Crippen LogP contribution in [0.15, 0.2) is 5.16 Å². The minimum atomic E-state index is 0.0828. The van der Waals surface area contributed by atoms with Gasteiger partial charge >= 0.3 is 0 Å². The molecule has 1 unspecified atom stereocenters. The minimum absolute atomic E-state index is 0.0828. The molecule has 1 heterocycles. The second-order valence-electron chi connectivity index (χ2n) is 2.47. The van der Waals surface area contributed by atoms with Crippen molar-refractivity contribution in [3.05, 3.63) is 0 Å². The summed E-state index contributed by atoms with van der Waals surface area (Å²) in [6.45, 7) is 2.12. The highest BCUT2D eigenvalue weighted by molar-refractivity contribution is 8.06. The van der Waals surface area contributed by atoms with Crippen LogP contribution >= 0.6 is 23.5 Å². The van der Waals surface area contributed by atoms with Gasteiger partial charge in [0.15, 0.2) is 0 Å². The molecule has 1 rings (SSSR count).